The van der Waals surface area contributed by atoms with Gasteiger partial charge in [0, 0.05) is 12.5 Å². The SMILES string of the molecule is CNCC(C)COc1c(Br)cccc1Br. The van der Waals surface area contributed by atoms with Crippen LogP contribution in [0.5, 0.6) is 5.75 Å². The molecule has 4 heteroatoms. The average molecular weight is 337 g/mol. The van der Waals surface area contributed by atoms with Crippen molar-refractivity contribution in [2.45, 2.75) is 6.92 Å². The van der Waals surface area contributed by atoms with Gasteiger partial charge in [-0.05, 0) is 51.0 Å². The van der Waals surface area contributed by atoms with Gasteiger partial charge >= 0.3 is 0 Å². The molecule has 0 saturated carbocycles. The second-order valence-electron chi connectivity index (χ2n) is 3.52. The minimum atomic E-state index is 0.494. The lowest BCUT2D eigenvalue weighted by Gasteiger charge is -2.14. The van der Waals surface area contributed by atoms with E-state index in [1.165, 1.54) is 0 Å². The number of benzene rings is 1. The molecule has 1 rings (SSSR count). The van der Waals surface area contributed by atoms with Crippen molar-refractivity contribution in [3.05, 3.63) is 27.1 Å². The van der Waals surface area contributed by atoms with Crippen LogP contribution in [0.3, 0.4) is 0 Å². The van der Waals surface area contributed by atoms with Gasteiger partial charge in [-0.3, -0.25) is 0 Å². The van der Waals surface area contributed by atoms with E-state index < -0.39 is 0 Å². The molecule has 0 aliphatic rings. The Morgan fingerprint density at radius 1 is 1.33 bits per heavy atom. The highest BCUT2D eigenvalue weighted by molar-refractivity contribution is 9.11. The van der Waals surface area contributed by atoms with Gasteiger partial charge in [0.1, 0.15) is 5.75 Å². The predicted octanol–water partition coefficient (Wildman–Crippen LogP) is 3.45. The Labute approximate surface area is 108 Å². The summed E-state index contributed by atoms with van der Waals surface area (Å²) >= 11 is 6.93. The molecule has 0 spiro atoms. The van der Waals surface area contributed by atoms with E-state index in [4.69, 9.17) is 4.74 Å². The Bertz CT molecular complexity index is 297. The number of hydrogen-bond acceptors (Lipinski definition) is 2. The topological polar surface area (TPSA) is 21.3 Å². The van der Waals surface area contributed by atoms with Crippen LogP contribution < -0.4 is 10.1 Å². The van der Waals surface area contributed by atoms with Crippen LogP contribution in [0, 0.1) is 5.92 Å². The molecule has 0 fully saturated rings. The van der Waals surface area contributed by atoms with E-state index in [-0.39, 0.29) is 0 Å². The number of halogens is 2. The van der Waals surface area contributed by atoms with Crippen LogP contribution >= 0.6 is 31.9 Å². The van der Waals surface area contributed by atoms with Crippen LogP contribution in [0.1, 0.15) is 6.92 Å². The third-order valence-corrected chi connectivity index (χ3v) is 3.23. The van der Waals surface area contributed by atoms with E-state index in [2.05, 4.69) is 44.1 Å². The van der Waals surface area contributed by atoms with Crippen LogP contribution in [0.4, 0.5) is 0 Å². The van der Waals surface area contributed by atoms with Crippen molar-refractivity contribution in [3.63, 3.8) is 0 Å². The molecule has 0 heterocycles. The number of ether oxygens (including phenoxy) is 1. The normalized spacial score (nSPS) is 12.5. The minimum absolute atomic E-state index is 0.494. The number of hydrogen-bond donors (Lipinski definition) is 1. The third-order valence-electron chi connectivity index (χ3n) is 1.98. The van der Waals surface area contributed by atoms with Crippen molar-refractivity contribution in [1.29, 1.82) is 0 Å². The van der Waals surface area contributed by atoms with E-state index in [0.717, 1.165) is 21.2 Å². The molecule has 0 radical (unpaired) electrons. The van der Waals surface area contributed by atoms with Gasteiger partial charge in [-0.15, -0.1) is 0 Å². The first-order valence-corrected chi connectivity index (χ1v) is 6.45. The van der Waals surface area contributed by atoms with Crippen LogP contribution in [0.25, 0.3) is 0 Å². The molecular formula is C11H15Br2NO. The molecule has 1 unspecified atom stereocenters. The second-order valence-corrected chi connectivity index (χ2v) is 5.23. The fourth-order valence-electron chi connectivity index (χ4n) is 1.25. The maximum atomic E-state index is 5.75. The molecule has 1 aromatic carbocycles. The Morgan fingerprint density at radius 3 is 2.47 bits per heavy atom. The molecular weight excluding hydrogens is 322 g/mol. The van der Waals surface area contributed by atoms with Crippen molar-refractivity contribution in [3.8, 4) is 5.75 Å². The van der Waals surface area contributed by atoms with Crippen molar-refractivity contribution < 1.29 is 4.74 Å². The van der Waals surface area contributed by atoms with Gasteiger partial charge in [0.2, 0.25) is 0 Å². The van der Waals surface area contributed by atoms with Crippen molar-refractivity contribution in [2.24, 2.45) is 5.92 Å². The highest BCUT2D eigenvalue weighted by Gasteiger charge is 2.07. The monoisotopic (exact) mass is 335 g/mol. The minimum Gasteiger partial charge on any atom is -0.491 e. The number of para-hydroxylation sites is 1. The fraction of sp³-hybridized carbons (Fsp3) is 0.455. The van der Waals surface area contributed by atoms with Gasteiger partial charge in [-0.25, -0.2) is 0 Å². The summed E-state index contributed by atoms with van der Waals surface area (Å²) in [7, 11) is 1.95. The van der Waals surface area contributed by atoms with Crippen LogP contribution in [-0.2, 0) is 0 Å². The van der Waals surface area contributed by atoms with Gasteiger partial charge in [0.25, 0.3) is 0 Å². The summed E-state index contributed by atoms with van der Waals surface area (Å²) in [6.07, 6.45) is 0. The number of nitrogens with one attached hydrogen (secondary N) is 1. The van der Waals surface area contributed by atoms with Crippen molar-refractivity contribution >= 4 is 31.9 Å². The zero-order valence-electron chi connectivity index (χ0n) is 8.89. The Kier molecular flexibility index (Phi) is 5.64. The van der Waals surface area contributed by atoms with E-state index in [9.17, 15) is 0 Å². The predicted molar refractivity (Wildman–Crippen MR) is 70.4 cm³/mol. The highest BCUT2D eigenvalue weighted by Crippen LogP contribution is 2.33. The highest BCUT2D eigenvalue weighted by atomic mass is 79.9. The third kappa shape index (κ3) is 4.13. The summed E-state index contributed by atoms with van der Waals surface area (Å²) in [5, 5.41) is 3.13. The first-order valence-electron chi connectivity index (χ1n) is 4.86. The van der Waals surface area contributed by atoms with Gasteiger partial charge in [-0.2, -0.15) is 0 Å². The number of rotatable bonds is 5. The van der Waals surface area contributed by atoms with E-state index >= 15 is 0 Å². The Hall–Kier alpha value is -0.0600. The summed E-state index contributed by atoms with van der Waals surface area (Å²) in [6, 6.07) is 5.92. The van der Waals surface area contributed by atoms with E-state index in [1.54, 1.807) is 0 Å². The van der Waals surface area contributed by atoms with E-state index in [0.29, 0.717) is 12.5 Å². The summed E-state index contributed by atoms with van der Waals surface area (Å²) in [4.78, 5) is 0. The molecule has 0 amide bonds. The maximum Gasteiger partial charge on any atom is 0.147 e. The smallest absolute Gasteiger partial charge is 0.147 e. The van der Waals surface area contributed by atoms with Crippen molar-refractivity contribution in [2.75, 3.05) is 20.2 Å². The first kappa shape index (κ1) is 13.0. The van der Waals surface area contributed by atoms with Gasteiger partial charge in [0.15, 0.2) is 0 Å². The van der Waals surface area contributed by atoms with Crippen LogP contribution in [-0.4, -0.2) is 20.2 Å². The second kappa shape index (κ2) is 6.51. The zero-order chi connectivity index (χ0) is 11.3. The van der Waals surface area contributed by atoms with E-state index in [1.807, 2.05) is 25.2 Å². The summed E-state index contributed by atoms with van der Waals surface area (Å²) in [5.74, 6) is 1.37. The van der Waals surface area contributed by atoms with Crippen molar-refractivity contribution in [1.82, 2.24) is 5.32 Å². The molecule has 0 saturated heterocycles. The lowest BCUT2D eigenvalue weighted by atomic mass is 10.2. The zero-order valence-corrected chi connectivity index (χ0v) is 12.1. The molecule has 0 bridgehead atoms. The molecule has 0 aliphatic heterocycles. The molecule has 1 N–H and O–H groups in total. The molecule has 84 valence electrons. The molecule has 0 aromatic heterocycles. The summed E-state index contributed by atoms with van der Waals surface area (Å²) in [6.45, 7) is 3.82. The van der Waals surface area contributed by atoms with Gasteiger partial charge in [0.05, 0.1) is 15.6 Å². The lowest BCUT2D eigenvalue weighted by Crippen LogP contribution is -2.21. The lowest BCUT2D eigenvalue weighted by molar-refractivity contribution is 0.255. The maximum absolute atomic E-state index is 5.75. The molecule has 0 aliphatic carbocycles. The standard InChI is InChI=1S/C11H15Br2NO/c1-8(6-14-2)7-15-11-9(12)4-3-5-10(11)13/h3-5,8,14H,6-7H2,1-2H3. The first-order chi connectivity index (χ1) is 7.15. The largest absolute Gasteiger partial charge is 0.491 e. The summed E-state index contributed by atoms with van der Waals surface area (Å²) < 4.78 is 7.71. The van der Waals surface area contributed by atoms with Crippen LogP contribution in [0.15, 0.2) is 27.1 Å². The summed E-state index contributed by atoms with van der Waals surface area (Å²) in [5.41, 5.74) is 0. The van der Waals surface area contributed by atoms with Gasteiger partial charge in [-0.1, -0.05) is 13.0 Å². The van der Waals surface area contributed by atoms with Gasteiger partial charge < -0.3 is 10.1 Å². The quantitative estimate of drug-likeness (QED) is 0.889. The fourth-order valence-corrected chi connectivity index (χ4v) is 2.48. The Balaban J connectivity index is 2.57. The van der Waals surface area contributed by atoms with Crippen LogP contribution in [0.2, 0.25) is 0 Å². The molecule has 1 aromatic rings. The molecule has 2 nitrogen and oxygen atoms in total. The molecule has 1 atom stereocenters. The Morgan fingerprint density at radius 2 is 1.93 bits per heavy atom. The molecule has 15 heavy (non-hydrogen) atoms. The average Bonchev–Trinajstić information content (AvgIpc) is 2.17.